The van der Waals surface area contributed by atoms with Crippen molar-refractivity contribution in [2.75, 3.05) is 20.2 Å². The number of rotatable bonds is 3. The van der Waals surface area contributed by atoms with E-state index in [1.54, 1.807) is 30.2 Å². The van der Waals surface area contributed by atoms with E-state index in [1.807, 2.05) is 0 Å². The maximum Gasteiger partial charge on any atom is 0.406 e. The van der Waals surface area contributed by atoms with E-state index >= 15 is 0 Å². The molecule has 1 aliphatic heterocycles. The Morgan fingerprint density at radius 3 is 2.70 bits per heavy atom. The van der Waals surface area contributed by atoms with Crippen molar-refractivity contribution in [3.05, 3.63) is 34.4 Å². The van der Waals surface area contributed by atoms with Crippen LogP contribution in [0.1, 0.15) is 10.4 Å². The molecule has 2 aromatic rings. The van der Waals surface area contributed by atoms with E-state index in [2.05, 4.69) is 15.9 Å². The molecule has 0 aliphatic carbocycles. The lowest BCUT2D eigenvalue weighted by molar-refractivity contribution is -0.139. The van der Waals surface area contributed by atoms with Gasteiger partial charge in [-0.05, 0) is 12.1 Å². The van der Waals surface area contributed by atoms with E-state index in [9.17, 15) is 18.0 Å². The van der Waals surface area contributed by atoms with Gasteiger partial charge in [0.1, 0.15) is 6.54 Å². The van der Waals surface area contributed by atoms with Crippen molar-refractivity contribution >= 4 is 32.7 Å². The van der Waals surface area contributed by atoms with Gasteiger partial charge in [0.2, 0.25) is 0 Å². The number of nitrogens with zero attached hydrogens (tertiary/aromatic N) is 2. The third-order valence-electron chi connectivity index (χ3n) is 3.89. The molecule has 0 unspecified atom stereocenters. The molecule has 1 aromatic heterocycles. The topological polar surface area (TPSA) is 34.5 Å². The fourth-order valence-corrected chi connectivity index (χ4v) is 3.03. The maximum absolute atomic E-state index is 12.8. The molecule has 8 heteroatoms. The van der Waals surface area contributed by atoms with Gasteiger partial charge in [0.15, 0.2) is 0 Å². The van der Waals surface area contributed by atoms with Crippen LogP contribution in [0.2, 0.25) is 0 Å². The highest BCUT2D eigenvalue weighted by molar-refractivity contribution is 9.10. The summed E-state index contributed by atoms with van der Waals surface area (Å²) in [5, 5.41) is 0.517. The molecule has 2 heterocycles. The van der Waals surface area contributed by atoms with Crippen molar-refractivity contribution in [2.45, 2.75) is 18.8 Å². The molecule has 1 aliphatic rings. The van der Waals surface area contributed by atoms with Gasteiger partial charge in [0, 0.05) is 36.3 Å². The molecule has 124 valence electrons. The van der Waals surface area contributed by atoms with Crippen molar-refractivity contribution in [1.82, 2.24) is 9.47 Å². The Bertz CT molecular complexity index is 751. The zero-order valence-electron chi connectivity index (χ0n) is 12.2. The number of ether oxygens (including phenoxy) is 1. The van der Waals surface area contributed by atoms with Crippen molar-refractivity contribution in [2.24, 2.45) is 0 Å². The van der Waals surface area contributed by atoms with Crippen LogP contribution in [0, 0.1) is 0 Å². The van der Waals surface area contributed by atoms with E-state index in [0.717, 1.165) is 4.57 Å². The number of carbonyl (C=O) groups excluding carboxylic acids is 1. The van der Waals surface area contributed by atoms with Gasteiger partial charge in [-0.15, -0.1) is 0 Å². The normalized spacial score (nSPS) is 16.0. The molecule has 1 amide bonds. The van der Waals surface area contributed by atoms with E-state index < -0.39 is 12.7 Å². The number of halogens is 4. The zero-order valence-corrected chi connectivity index (χ0v) is 13.8. The van der Waals surface area contributed by atoms with Gasteiger partial charge in [-0.1, -0.05) is 22.0 Å². The Morgan fingerprint density at radius 1 is 1.39 bits per heavy atom. The zero-order chi connectivity index (χ0) is 16.8. The summed E-state index contributed by atoms with van der Waals surface area (Å²) in [5.41, 5.74) is 0.662. The molecule has 1 aromatic carbocycles. The molecule has 0 N–H and O–H groups in total. The third-order valence-corrected chi connectivity index (χ3v) is 4.39. The van der Waals surface area contributed by atoms with E-state index in [4.69, 9.17) is 4.74 Å². The maximum atomic E-state index is 12.8. The molecule has 0 bridgehead atoms. The first-order valence-electron chi connectivity index (χ1n) is 6.95. The Labute approximate surface area is 138 Å². The number of likely N-dealkylation sites (tertiary alicyclic amines) is 1. The predicted molar refractivity (Wildman–Crippen MR) is 82.4 cm³/mol. The van der Waals surface area contributed by atoms with Gasteiger partial charge in [0.25, 0.3) is 5.91 Å². The van der Waals surface area contributed by atoms with Crippen molar-refractivity contribution < 1.29 is 22.7 Å². The highest BCUT2D eigenvalue weighted by atomic mass is 79.9. The monoisotopic (exact) mass is 390 g/mol. The lowest BCUT2D eigenvalue weighted by atomic mass is 10.1. The van der Waals surface area contributed by atoms with Gasteiger partial charge in [-0.25, -0.2) is 0 Å². The van der Waals surface area contributed by atoms with Crippen LogP contribution in [0.15, 0.2) is 28.9 Å². The van der Waals surface area contributed by atoms with E-state index in [-0.39, 0.29) is 17.6 Å². The van der Waals surface area contributed by atoms with Crippen molar-refractivity contribution in [3.8, 4) is 0 Å². The molecule has 1 fully saturated rings. The second kappa shape index (κ2) is 5.83. The minimum Gasteiger partial charge on any atom is -0.378 e. The van der Waals surface area contributed by atoms with Crippen LogP contribution >= 0.6 is 15.9 Å². The van der Waals surface area contributed by atoms with Crippen molar-refractivity contribution in [1.29, 1.82) is 0 Å². The summed E-state index contributed by atoms with van der Waals surface area (Å²) in [7, 11) is 1.57. The summed E-state index contributed by atoms with van der Waals surface area (Å²) in [6.45, 7) is -0.219. The fourth-order valence-electron chi connectivity index (χ4n) is 2.68. The Balaban J connectivity index is 1.99. The highest BCUT2D eigenvalue weighted by Gasteiger charge is 2.34. The van der Waals surface area contributed by atoms with Crippen LogP contribution in [0.3, 0.4) is 0 Å². The Kier molecular flexibility index (Phi) is 4.14. The molecule has 4 nitrogen and oxygen atoms in total. The number of methoxy groups -OCH3 is 1. The molecular weight excluding hydrogens is 377 g/mol. The number of amides is 1. The van der Waals surface area contributed by atoms with Crippen LogP contribution in [0.4, 0.5) is 13.2 Å². The summed E-state index contributed by atoms with van der Waals surface area (Å²) >= 11 is 3.26. The van der Waals surface area contributed by atoms with Gasteiger partial charge in [-0.2, -0.15) is 13.2 Å². The largest absolute Gasteiger partial charge is 0.406 e. The number of aromatic nitrogens is 1. The lowest BCUT2D eigenvalue weighted by Crippen LogP contribution is -2.54. The van der Waals surface area contributed by atoms with Crippen LogP contribution in [0.25, 0.3) is 10.9 Å². The second-order valence-electron chi connectivity index (χ2n) is 5.52. The summed E-state index contributed by atoms with van der Waals surface area (Å²) in [6, 6.07) is 4.96. The first-order chi connectivity index (χ1) is 10.8. The molecule has 1 saturated heterocycles. The molecule has 0 spiro atoms. The van der Waals surface area contributed by atoms with E-state index in [0.29, 0.717) is 28.5 Å². The average molecular weight is 391 g/mol. The minimum atomic E-state index is -4.35. The minimum absolute atomic E-state index is 0.00313. The number of carbonyl (C=O) groups is 1. The van der Waals surface area contributed by atoms with Crippen molar-refractivity contribution in [3.63, 3.8) is 0 Å². The summed E-state index contributed by atoms with van der Waals surface area (Å²) < 4.78 is 45.2. The van der Waals surface area contributed by atoms with Crippen LogP contribution in [-0.2, 0) is 11.3 Å². The molecular formula is C15H14BrF3N2O2. The average Bonchev–Trinajstić information content (AvgIpc) is 2.73. The molecule has 23 heavy (non-hydrogen) atoms. The number of alkyl halides is 3. The predicted octanol–water partition coefficient (Wildman–Crippen LogP) is 3.44. The van der Waals surface area contributed by atoms with Gasteiger partial charge < -0.3 is 14.2 Å². The number of benzene rings is 1. The third kappa shape index (κ3) is 3.23. The molecule has 3 rings (SSSR count). The van der Waals surface area contributed by atoms with Crippen LogP contribution in [-0.4, -0.2) is 47.9 Å². The smallest absolute Gasteiger partial charge is 0.378 e. The first-order valence-corrected chi connectivity index (χ1v) is 7.75. The first kappa shape index (κ1) is 16.3. The summed E-state index contributed by atoms with van der Waals surface area (Å²) in [6.07, 6.45) is -3.07. The SMILES string of the molecule is COC1CN(C(=O)c2cn(CC(F)(F)F)c3cc(Br)ccc23)C1. The Hall–Kier alpha value is -1.54. The molecule has 0 radical (unpaired) electrons. The van der Waals surface area contributed by atoms with Crippen LogP contribution < -0.4 is 0 Å². The summed E-state index contributed by atoms with van der Waals surface area (Å²) in [5.74, 6) is -0.272. The number of hydrogen-bond donors (Lipinski definition) is 0. The quantitative estimate of drug-likeness (QED) is 0.804. The number of fused-ring (bicyclic) bond motifs is 1. The van der Waals surface area contributed by atoms with E-state index in [1.165, 1.54) is 6.20 Å². The molecule has 0 saturated carbocycles. The summed E-state index contributed by atoms with van der Waals surface area (Å²) in [4.78, 5) is 14.1. The lowest BCUT2D eigenvalue weighted by Gasteiger charge is -2.38. The standard InChI is InChI=1S/C15H14BrF3N2O2/c1-23-10-5-20(6-10)14(22)12-7-21(8-15(17,18)19)13-4-9(16)2-3-11(12)13/h2-4,7,10H,5-6,8H2,1H3. The Morgan fingerprint density at radius 2 is 2.09 bits per heavy atom. The second-order valence-corrected chi connectivity index (χ2v) is 6.43. The molecule has 0 atom stereocenters. The van der Waals surface area contributed by atoms with Gasteiger partial charge in [-0.3, -0.25) is 4.79 Å². The van der Waals surface area contributed by atoms with Gasteiger partial charge in [0.05, 0.1) is 17.2 Å². The van der Waals surface area contributed by atoms with Crippen LogP contribution in [0.5, 0.6) is 0 Å². The highest BCUT2D eigenvalue weighted by Crippen LogP contribution is 2.30. The van der Waals surface area contributed by atoms with Gasteiger partial charge >= 0.3 is 6.18 Å². The number of hydrogen-bond acceptors (Lipinski definition) is 2. The fraction of sp³-hybridized carbons (Fsp3) is 0.400.